The summed E-state index contributed by atoms with van der Waals surface area (Å²) in [6, 6.07) is 6.88. The van der Waals surface area contributed by atoms with Crippen LogP contribution in [0.1, 0.15) is 36.7 Å². The topological polar surface area (TPSA) is 107 Å². The van der Waals surface area contributed by atoms with E-state index in [0.717, 1.165) is 19.0 Å². The Labute approximate surface area is 201 Å². The number of hydrogen-bond acceptors (Lipinski definition) is 6. The van der Waals surface area contributed by atoms with E-state index in [-0.39, 0.29) is 23.5 Å². The number of likely N-dealkylation sites (tertiary alicyclic amines) is 1. The smallest absolute Gasteiger partial charge is 0.267 e. The summed E-state index contributed by atoms with van der Waals surface area (Å²) in [5.41, 5.74) is 5.73. The van der Waals surface area contributed by atoms with E-state index in [2.05, 4.69) is 10.3 Å². The van der Waals surface area contributed by atoms with Crippen molar-refractivity contribution in [2.75, 3.05) is 31.6 Å². The van der Waals surface area contributed by atoms with Gasteiger partial charge in [-0.2, -0.15) is 4.39 Å². The molecule has 0 aliphatic carbocycles. The van der Waals surface area contributed by atoms with Crippen molar-refractivity contribution in [3.05, 3.63) is 53.9 Å². The van der Waals surface area contributed by atoms with Crippen molar-refractivity contribution in [2.45, 2.75) is 44.6 Å². The Balaban J connectivity index is 0.000000196. The molecule has 8 nitrogen and oxygen atoms in total. The lowest BCUT2D eigenvalue weighted by molar-refractivity contribution is -0.126. The van der Waals surface area contributed by atoms with Gasteiger partial charge in [-0.15, -0.1) is 0 Å². The maximum atomic E-state index is 13.2. The molecule has 190 valence electrons. The first kappa shape index (κ1) is 26.4. The molecule has 11 heteroatoms. The van der Waals surface area contributed by atoms with Gasteiger partial charge in [0.05, 0.1) is 12.7 Å². The van der Waals surface area contributed by atoms with Crippen molar-refractivity contribution in [3.63, 3.8) is 0 Å². The van der Waals surface area contributed by atoms with E-state index in [4.69, 9.17) is 15.2 Å². The second-order valence-corrected chi connectivity index (χ2v) is 8.41. The van der Waals surface area contributed by atoms with E-state index < -0.39 is 29.8 Å². The first-order chi connectivity index (χ1) is 16.7. The van der Waals surface area contributed by atoms with E-state index in [9.17, 15) is 22.8 Å². The fourth-order valence-corrected chi connectivity index (χ4v) is 3.62. The quantitative estimate of drug-likeness (QED) is 0.547. The van der Waals surface area contributed by atoms with Crippen molar-refractivity contribution in [2.24, 2.45) is 5.73 Å². The number of aromatic nitrogens is 1. The second-order valence-electron chi connectivity index (χ2n) is 8.41. The predicted molar refractivity (Wildman–Crippen MR) is 123 cm³/mol. The van der Waals surface area contributed by atoms with Crippen molar-refractivity contribution in [1.29, 1.82) is 0 Å². The molecule has 2 fully saturated rings. The number of nitrogens with one attached hydrogen (secondary N) is 1. The molecule has 3 heterocycles. The Morgan fingerprint density at radius 3 is 2.69 bits per heavy atom. The number of pyridine rings is 1. The summed E-state index contributed by atoms with van der Waals surface area (Å²) in [5.74, 6) is -2.78. The van der Waals surface area contributed by atoms with Crippen LogP contribution >= 0.6 is 0 Å². The highest BCUT2D eigenvalue weighted by Crippen LogP contribution is 2.21. The molecule has 2 unspecified atom stereocenters. The lowest BCUT2D eigenvalue weighted by Gasteiger charge is -2.34. The molecule has 2 aliphatic heterocycles. The highest BCUT2D eigenvalue weighted by Gasteiger charge is 2.28. The number of rotatable bonds is 8. The summed E-state index contributed by atoms with van der Waals surface area (Å²) >= 11 is 0. The van der Waals surface area contributed by atoms with Gasteiger partial charge in [-0.1, -0.05) is 6.07 Å². The first-order valence-electron chi connectivity index (χ1n) is 11.4. The maximum Gasteiger partial charge on any atom is 0.267 e. The molecule has 2 saturated heterocycles. The summed E-state index contributed by atoms with van der Waals surface area (Å²) in [6.07, 6.45) is 2.65. The fraction of sp³-hybridized carbons (Fsp3) is 0.458. The van der Waals surface area contributed by atoms with Crippen molar-refractivity contribution in [3.8, 4) is 5.75 Å². The highest BCUT2D eigenvalue weighted by molar-refractivity contribution is 5.96. The zero-order valence-corrected chi connectivity index (χ0v) is 19.4. The lowest BCUT2D eigenvalue weighted by atomic mass is 10.2. The van der Waals surface area contributed by atoms with Crippen LogP contribution in [0.4, 0.5) is 18.9 Å². The Bertz CT molecular complexity index is 1020. The zero-order valence-electron chi connectivity index (χ0n) is 19.4. The lowest BCUT2D eigenvalue weighted by Crippen LogP contribution is -2.48. The van der Waals surface area contributed by atoms with Gasteiger partial charge in [0, 0.05) is 31.5 Å². The van der Waals surface area contributed by atoms with Gasteiger partial charge in [0.2, 0.25) is 5.82 Å². The van der Waals surface area contributed by atoms with Crippen LogP contribution in [0.25, 0.3) is 0 Å². The van der Waals surface area contributed by atoms with Gasteiger partial charge < -0.3 is 20.5 Å². The van der Waals surface area contributed by atoms with Gasteiger partial charge in [-0.3, -0.25) is 19.5 Å². The molecule has 0 radical (unpaired) electrons. The first-order valence-corrected chi connectivity index (χ1v) is 11.4. The van der Waals surface area contributed by atoms with E-state index in [1.54, 1.807) is 6.07 Å². The van der Waals surface area contributed by atoms with Crippen LogP contribution in [0.5, 0.6) is 5.75 Å². The number of benzene rings is 1. The third-order valence-corrected chi connectivity index (χ3v) is 5.51. The Morgan fingerprint density at radius 1 is 1.26 bits per heavy atom. The monoisotopic (exact) mass is 494 g/mol. The van der Waals surface area contributed by atoms with Crippen LogP contribution in [0, 0.1) is 11.6 Å². The number of alkyl halides is 1. The van der Waals surface area contributed by atoms with E-state index >= 15 is 0 Å². The molecule has 35 heavy (non-hydrogen) atoms. The molecule has 1 aromatic heterocycles. The van der Waals surface area contributed by atoms with E-state index in [1.165, 1.54) is 24.4 Å². The SMILES string of the molecule is CC1CCC(C(=O)Nc2ccnc(C(N)=O)c2)O1.Fc1cccc(OCCCN2CC(F)C2)c1F. The molecular formula is C24H29F3N4O4. The predicted octanol–water partition coefficient (Wildman–Crippen LogP) is 3.07. The second kappa shape index (κ2) is 12.5. The average Bonchev–Trinajstić information content (AvgIpc) is 3.25. The molecule has 1 aromatic carbocycles. The number of nitrogens with two attached hydrogens (primary N) is 1. The fourth-order valence-electron chi connectivity index (χ4n) is 3.62. The van der Waals surface area contributed by atoms with Gasteiger partial charge in [0.1, 0.15) is 18.0 Å². The number of primary amides is 1. The molecular weight excluding hydrogens is 465 g/mol. The average molecular weight is 495 g/mol. The summed E-state index contributed by atoms with van der Waals surface area (Å²) < 4.78 is 49.0. The van der Waals surface area contributed by atoms with E-state index in [0.29, 0.717) is 38.2 Å². The third-order valence-electron chi connectivity index (χ3n) is 5.51. The van der Waals surface area contributed by atoms with Crippen LogP contribution in [0.2, 0.25) is 0 Å². The molecule has 0 spiro atoms. The van der Waals surface area contributed by atoms with Gasteiger partial charge in [-0.25, -0.2) is 8.78 Å². The number of halogens is 3. The molecule has 2 aliphatic rings. The van der Waals surface area contributed by atoms with Crippen molar-refractivity contribution < 1.29 is 32.2 Å². The molecule has 0 saturated carbocycles. The van der Waals surface area contributed by atoms with E-state index in [1.807, 2.05) is 11.8 Å². The summed E-state index contributed by atoms with van der Waals surface area (Å²) in [5, 5.41) is 2.69. The number of hydrogen-bond donors (Lipinski definition) is 2. The zero-order chi connectivity index (χ0) is 25.4. The van der Waals surface area contributed by atoms with Crippen LogP contribution < -0.4 is 15.8 Å². The molecule has 3 N–H and O–H groups in total. The summed E-state index contributed by atoms with van der Waals surface area (Å²) in [7, 11) is 0. The summed E-state index contributed by atoms with van der Waals surface area (Å²) in [6.45, 7) is 3.89. The van der Waals surface area contributed by atoms with Crippen LogP contribution in [-0.2, 0) is 9.53 Å². The Morgan fingerprint density at radius 2 is 2.03 bits per heavy atom. The molecule has 2 atom stereocenters. The third kappa shape index (κ3) is 7.93. The van der Waals surface area contributed by atoms with Crippen LogP contribution in [0.15, 0.2) is 36.5 Å². The van der Waals surface area contributed by atoms with Gasteiger partial charge in [-0.05, 0) is 50.5 Å². The molecule has 0 bridgehead atoms. The van der Waals surface area contributed by atoms with Gasteiger partial charge in [0.25, 0.3) is 11.8 Å². The van der Waals surface area contributed by atoms with Crippen LogP contribution in [-0.4, -0.2) is 66.3 Å². The molecule has 4 rings (SSSR count). The minimum absolute atomic E-state index is 0.0722. The Kier molecular flexibility index (Phi) is 9.44. The van der Waals surface area contributed by atoms with Gasteiger partial charge >= 0.3 is 0 Å². The number of amides is 2. The number of carbonyl (C=O) groups excluding carboxylic acids is 2. The number of ether oxygens (including phenoxy) is 2. The van der Waals surface area contributed by atoms with Crippen molar-refractivity contribution >= 4 is 17.5 Å². The minimum atomic E-state index is -0.958. The van der Waals surface area contributed by atoms with Crippen LogP contribution in [0.3, 0.4) is 0 Å². The number of nitrogens with zero attached hydrogens (tertiary/aromatic N) is 2. The van der Waals surface area contributed by atoms with Gasteiger partial charge in [0.15, 0.2) is 11.6 Å². The normalized spacial score (nSPS) is 19.9. The van der Waals surface area contributed by atoms with Crippen molar-refractivity contribution in [1.82, 2.24) is 9.88 Å². The molecule has 2 amide bonds. The highest BCUT2D eigenvalue weighted by atomic mass is 19.2. The standard InChI is InChI=1S/C12H14F3NO.C12H15N3O3/c13-9-7-16(8-9)5-2-6-17-11-4-1-3-10(14)12(11)15;1-7-2-3-10(18-7)12(17)15-8-4-5-14-9(6-8)11(13)16/h1,3-4,9H,2,5-8H2;4-7,10H,2-3H2,1H3,(H2,13,16)(H,14,15,17). The minimum Gasteiger partial charge on any atom is -0.490 e. The maximum absolute atomic E-state index is 13.2. The summed E-state index contributed by atoms with van der Waals surface area (Å²) in [4.78, 5) is 28.6. The Hall–Kier alpha value is -3.18. The largest absolute Gasteiger partial charge is 0.490 e. The number of anilines is 1. The molecule has 2 aromatic rings. The number of carbonyl (C=O) groups is 2.